The highest BCUT2D eigenvalue weighted by Gasteiger charge is 2.19. The maximum atomic E-state index is 5.76. The molecule has 0 bridgehead atoms. The summed E-state index contributed by atoms with van der Waals surface area (Å²) in [6.45, 7) is 6.38. The van der Waals surface area contributed by atoms with Gasteiger partial charge in [0.1, 0.15) is 5.75 Å². The monoisotopic (exact) mass is 286 g/mol. The first-order valence-corrected chi connectivity index (χ1v) is 8.21. The second-order valence-electron chi connectivity index (χ2n) is 6.33. The maximum absolute atomic E-state index is 5.76. The van der Waals surface area contributed by atoms with Crippen molar-refractivity contribution in [1.29, 1.82) is 0 Å². The maximum Gasteiger partial charge on any atom is 0.120 e. The van der Waals surface area contributed by atoms with Gasteiger partial charge in [0.05, 0.1) is 6.10 Å². The molecular weight excluding hydrogens is 260 g/mol. The molecule has 1 aromatic heterocycles. The Morgan fingerprint density at radius 2 is 2.10 bits per heavy atom. The van der Waals surface area contributed by atoms with E-state index in [0.717, 1.165) is 24.9 Å². The molecule has 0 spiro atoms. The molecule has 3 rings (SSSR count). The van der Waals surface area contributed by atoms with Crippen molar-refractivity contribution in [2.45, 2.75) is 58.2 Å². The van der Waals surface area contributed by atoms with E-state index in [0.29, 0.717) is 0 Å². The van der Waals surface area contributed by atoms with Crippen molar-refractivity contribution in [1.82, 2.24) is 9.88 Å². The minimum absolute atomic E-state index is 0.225. The molecule has 0 radical (unpaired) electrons. The van der Waals surface area contributed by atoms with E-state index in [-0.39, 0.29) is 6.10 Å². The molecule has 1 fully saturated rings. The molecule has 2 aromatic rings. The second kappa shape index (κ2) is 6.52. The zero-order valence-corrected chi connectivity index (χ0v) is 13.1. The number of fused-ring (bicyclic) bond motifs is 1. The molecule has 1 N–H and O–H groups in total. The number of benzene rings is 1. The van der Waals surface area contributed by atoms with Crippen LogP contribution in [0.2, 0.25) is 0 Å². The normalized spacial score (nSPS) is 15.0. The van der Waals surface area contributed by atoms with Crippen LogP contribution in [-0.2, 0) is 6.54 Å². The average Bonchev–Trinajstić information content (AvgIpc) is 3.18. The second-order valence-corrected chi connectivity index (χ2v) is 6.33. The number of nitrogens with zero attached hydrogens (tertiary/aromatic N) is 1. The van der Waals surface area contributed by atoms with Crippen LogP contribution in [0.3, 0.4) is 0 Å². The molecule has 1 aromatic carbocycles. The van der Waals surface area contributed by atoms with Crippen LogP contribution in [0.5, 0.6) is 5.75 Å². The lowest BCUT2D eigenvalue weighted by Crippen LogP contribution is -2.17. The van der Waals surface area contributed by atoms with Gasteiger partial charge in [-0.15, -0.1) is 0 Å². The fraction of sp³-hybridized carbons (Fsp3) is 0.556. The number of aromatic nitrogens is 1. The smallest absolute Gasteiger partial charge is 0.120 e. The highest BCUT2D eigenvalue weighted by molar-refractivity contribution is 5.81. The highest BCUT2D eigenvalue weighted by atomic mass is 16.5. The van der Waals surface area contributed by atoms with E-state index in [1.165, 1.54) is 36.6 Å². The molecule has 1 aliphatic rings. The van der Waals surface area contributed by atoms with Crippen molar-refractivity contribution >= 4 is 10.9 Å². The van der Waals surface area contributed by atoms with E-state index >= 15 is 0 Å². The van der Waals surface area contributed by atoms with Crippen LogP contribution in [0, 0.1) is 0 Å². The van der Waals surface area contributed by atoms with E-state index < -0.39 is 0 Å². The van der Waals surface area contributed by atoms with Crippen LogP contribution in [0.15, 0.2) is 30.5 Å². The lowest BCUT2D eigenvalue weighted by Gasteiger charge is -2.10. The van der Waals surface area contributed by atoms with Gasteiger partial charge in [-0.25, -0.2) is 0 Å². The Labute approximate surface area is 127 Å². The quantitative estimate of drug-likeness (QED) is 0.743. The zero-order chi connectivity index (χ0) is 14.7. The summed E-state index contributed by atoms with van der Waals surface area (Å²) >= 11 is 0. The minimum Gasteiger partial charge on any atom is -0.491 e. The van der Waals surface area contributed by atoms with Crippen molar-refractivity contribution in [3.05, 3.63) is 30.5 Å². The van der Waals surface area contributed by atoms with E-state index in [4.69, 9.17) is 4.74 Å². The molecule has 0 amide bonds. The number of ether oxygens (including phenoxy) is 1. The van der Waals surface area contributed by atoms with Gasteiger partial charge in [0.15, 0.2) is 0 Å². The lowest BCUT2D eigenvalue weighted by atomic mass is 10.2. The van der Waals surface area contributed by atoms with Crippen molar-refractivity contribution in [3.63, 3.8) is 0 Å². The fourth-order valence-corrected chi connectivity index (χ4v) is 2.72. The van der Waals surface area contributed by atoms with Gasteiger partial charge in [0.2, 0.25) is 0 Å². The van der Waals surface area contributed by atoms with Crippen LogP contribution >= 0.6 is 0 Å². The topological polar surface area (TPSA) is 26.2 Å². The predicted molar refractivity (Wildman–Crippen MR) is 88.0 cm³/mol. The van der Waals surface area contributed by atoms with E-state index in [1.54, 1.807) is 0 Å². The number of nitrogens with one attached hydrogen (secondary N) is 1. The molecule has 21 heavy (non-hydrogen) atoms. The SMILES string of the molecule is CC(C)Oc1ccc2c(ccn2CCCCNC2CC2)c1. The first-order valence-electron chi connectivity index (χ1n) is 8.21. The van der Waals surface area contributed by atoms with Gasteiger partial charge in [-0.2, -0.15) is 0 Å². The van der Waals surface area contributed by atoms with Gasteiger partial charge in [-0.1, -0.05) is 0 Å². The number of rotatable bonds is 8. The first kappa shape index (κ1) is 14.5. The third-order valence-electron chi connectivity index (χ3n) is 3.95. The summed E-state index contributed by atoms with van der Waals surface area (Å²) in [6.07, 6.45) is 7.66. The number of hydrogen-bond donors (Lipinski definition) is 1. The molecule has 0 unspecified atom stereocenters. The molecular formula is C18H26N2O. The number of aryl methyl sites for hydroxylation is 1. The molecule has 3 heteroatoms. The summed E-state index contributed by atoms with van der Waals surface area (Å²) in [4.78, 5) is 0. The average molecular weight is 286 g/mol. The van der Waals surface area contributed by atoms with Gasteiger partial charge in [0, 0.05) is 29.7 Å². The number of hydrogen-bond acceptors (Lipinski definition) is 2. The van der Waals surface area contributed by atoms with E-state index in [2.05, 4.69) is 54.2 Å². The van der Waals surface area contributed by atoms with Crippen molar-refractivity contribution in [3.8, 4) is 5.75 Å². The molecule has 114 valence electrons. The summed E-state index contributed by atoms with van der Waals surface area (Å²) in [5.41, 5.74) is 1.31. The molecule has 0 saturated heterocycles. The fourth-order valence-electron chi connectivity index (χ4n) is 2.72. The van der Waals surface area contributed by atoms with Gasteiger partial charge in [0.25, 0.3) is 0 Å². The summed E-state index contributed by atoms with van der Waals surface area (Å²) in [5.74, 6) is 0.962. The van der Waals surface area contributed by atoms with Gasteiger partial charge in [-0.05, 0) is 70.3 Å². The lowest BCUT2D eigenvalue weighted by molar-refractivity contribution is 0.243. The molecule has 1 saturated carbocycles. The summed E-state index contributed by atoms with van der Waals surface area (Å²) in [7, 11) is 0. The van der Waals surface area contributed by atoms with Crippen molar-refractivity contribution in [2.75, 3.05) is 6.54 Å². The standard InChI is InChI=1S/C18H26N2O/c1-14(2)21-17-7-8-18-15(13-17)9-12-20(18)11-4-3-10-19-16-5-6-16/h7-9,12-14,16,19H,3-6,10-11H2,1-2H3. The van der Waals surface area contributed by atoms with Gasteiger partial charge < -0.3 is 14.6 Å². The van der Waals surface area contributed by atoms with Gasteiger partial charge >= 0.3 is 0 Å². The van der Waals surface area contributed by atoms with Crippen LogP contribution in [0.4, 0.5) is 0 Å². The van der Waals surface area contributed by atoms with Crippen LogP contribution in [0.25, 0.3) is 10.9 Å². The Kier molecular flexibility index (Phi) is 4.49. The first-order chi connectivity index (χ1) is 10.2. The predicted octanol–water partition coefficient (Wildman–Crippen LogP) is 3.96. The Morgan fingerprint density at radius 1 is 1.24 bits per heavy atom. The van der Waals surface area contributed by atoms with E-state index in [9.17, 15) is 0 Å². The zero-order valence-electron chi connectivity index (χ0n) is 13.1. The number of unbranched alkanes of at least 4 members (excludes halogenated alkanes) is 1. The Hall–Kier alpha value is -1.48. The molecule has 3 nitrogen and oxygen atoms in total. The third-order valence-corrected chi connectivity index (χ3v) is 3.95. The summed E-state index contributed by atoms with van der Waals surface area (Å²) in [5, 5.41) is 4.84. The van der Waals surface area contributed by atoms with Gasteiger partial charge in [-0.3, -0.25) is 0 Å². The van der Waals surface area contributed by atoms with E-state index in [1.807, 2.05) is 0 Å². The molecule has 0 atom stereocenters. The third kappa shape index (κ3) is 4.01. The minimum atomic E-state index is 0.225. The summed E-state index contributed by atoms with van der Waals surface area (Å²) < 4.78 is 8.11. The van der Waals surface area contributed by atoms with Crippen LogP contribution in [-0.4, -0.2) is 23.3 Å². The highest BCUT2D eigenvalue weighted by Crippen LogP contribution is 2.23. The Balaban J connectivity index is 1.55. The summed E-state index contributed by atoms with van der Waals surface area (Å²) in [6, 6.07) is 9.41. The van der Waals surface area contributed by atoms with Crippen molar-refractivity contribution in [2.24, 2.45) is 0 Å². The van der Waals surface area contributed by atoms with Crippen LogP contribution in [0.1, 0.15) is 39.5 Å². The Bertz CT molecular complexity index is 584. The molecule has 1 heterocycles. The molecule has 0 aliphatic heterocycles. The largest absolute Gasteiger partial charge is 0.491 e. The molecule has 1 aliphatic carbocycles. The Morgan fingerprint density at radius 3 is 2.86 bits per heavy atom. The van der Waals surface area contributed by atoms with Crippen LogP contribution < -0.4 is 10.1 Å². The van der Waals surface area contributed by atoms with Crippen molar-refractivity contribution < 1.29 is 4.74 Å².